The Balaban J connectivity index is 2.33. The SMILES string of the molecule is O=c1ccn([C@H]2O[C@@H](CO)[C@H](OP(=O)(O)O)[C@H]2O)c(=O)[nH]1. The quantitative estimate of drug-likeness (QED) is 0.368. The van der Waals surface area contributed by atoms with Gasteiger partial charge in [0.05, 0.1) is 6.61 Å². The first kappa shape index (κ1) is 16.0. The Kier molecular flexibility index (Phi) is 4.44. The number of H-pyrrole nitrogens is 1. The lowest BCUT2D eigenvalue weighted by molar-refractivity contribution is -0.0549. The van der Waals surface area contributed by atoms with Crippen LogP contribution in [0.1, 0.15) is 6.23 Å². The number of nitrogens with zero attached hydrogens (tertiary/aromatic N) is 1. The second kappa shape index (κ2) is 5.81. The van der Waals surface area contributed by atoms with Gasteiger partial charge < -0.3 is 24.7 Å². The molecule has 1 aliphatic heterocycles. The van der Waals surface area contributed by atoms with Crippen molar-refractivity contribution in [3.63, 3.8) is 0 Å². The second-order valence-electron chi connectivity index (χ2n) is 4.32. The highest BCUT2D eigenvalue weighted by Crippen LogP contribution is 2.43. The summed E-state index contributed by atoms with van der Waals surface area (Å²) in [5, 5.41) is 19.1. The average molecular weight is 324 g/mol. The molecule has 0 amide bonds. The predicted molar refractivity (Wildman–Crippen MR) is 65.2 cm³/mol. The van der Waals surface area contributed by atoms with Crippen molar-refractivity contribution in [2.24, 2.45) is 0 Å². The fourth-order valence-electron chi connectivity index (χ4n) is 2.01. The van der Waals surface area contributed by atoms with E-state index in [1.54, 1.807) is 0 Å². The van der Waals surface area contributed by atoms with Gasteiger partial charge in [0.1, 0.15) is 18.3 Å². The van der Waals surface area contributed by atoms with Crippen LogP contribution in [-0.4, -0.2) is 54.5 Å². The number of ether oxygens (including phenoxy) is 1. The van der Waals surface area contributed by atoms with Crippen LogP contribution in [0, 0.1) is 0 Å². The van der Waals surface area contributed by atoms with E-state index in [0.29, 0.717) is 0 Å². The van der Waals surface area contributed by atoms with Crippen LogP contribution in [0.5, 0.6) is 0 Å². The Morgan fingerprint density at radius 2 is 2.10 bits per heavy atom. The third kappa shape index (κ3) is 3.47. The van der Waals surface area contributed by atoms with E-state index in [-0.39, 0.29) is 0 Å². The number of aromatic nitrogens is 2. The van der Waals surface area contributed by atoms with Crippen LogP contribution >= 0.6 is 7.82 Å². The molecular formula is C9H13N2O9P. The van der Waals surface area contributed by atoms with E-state index >= 15 is 0 Å². The van der Waals surface area contributed by atoms with Gasteiger partial charge in [-0.05, 0) is 0 Å². The van der Waals surface area contributed by atoms with Crippen LogP contribution in [0.4, 0.5) is 0 Å². The number of hydrogen-bond donors (Lipinski definition) is 5. The van der Waals surface area contributed by atoms with Crippen molar-refractivity contribution >= 4 is 7.82 Å². The minimum Gasteiger partial charge on any atom is -0.394 e. The normalized spacial score (nSPS) is 29.7. The molecule has 0 spiro atoms. The topological polar surface area (TPSA) is 171 Å². The van der Waals surface area contributed by atoms with E-state index < -0.39 is 50.2 Å². The van der Waals surface area contributed by atoms with Crippen LogP contribution < -0.4 is 11.2 Å². The molecule has 0 aromatic carbocycles. The predicted octanol–water partition coefficient (Wildman–Crippen LogP) is -2.73. The Morgan fingerprint density at radius 3 is 2.62 bits per heavy atom. The Labute approximate surface area is 116 Å². The van der Waals surface area contributed by atoms with Crippen molar-refractivity contribution < 1.29 is 33.8 Å². The van der Waals surface area contributed by atoms with Gasteiger partial charge in [0, 0.05) is 12.3 Å². The third-order valence-corrected chi connectivity index (χ3v) is 3.39. The van der Waals surface area contributed by atoms with Crippen molar-refractivity contribution in [1.29, 1.82) is 0 Å². The van der Waals surface area contributed by atoms with Crippen LogP contribution in [0.3, 0.4) is 0 Å². The summed E-state index contributed by atoms with van der Waals surface area (Å²) in [6, 6.07) is 1.00. The van der Waals surface area contributed by atoms with Gasteiger partial charge in [-0.15, -0.1) is 0 Å². The Morgan fingerprint density at radius 1 is 1.43 bits per heavy atom. The van der Waals surface area contributed by atoms with E-state index in [0.717, 1.165) is 16.8 Å². The number of phosphoric acid groups is 1. The lowest BCUT2D eigenvalue weighted by Gasteiger charge is -2.20. The van der Waals surface area contributed by atoms with E-state index in [2.05, 4.69) is 4.52 Å². The number of aromatic amines is 1. The van der Waals surface area contributed by atoms with Crippen LogP contribution in [-0.2, 0) is 13.8 Å². The molecule has 1 saturated heterocycles. The monoisotopic (exact) mass is 324 g/mol. The van der Waals surface area contributed by atoms with Crippen LogP contribution in [0.25, 0.3) is 0 Å². The molecule has 1 fully saturated rings. The molecule has 5 N–H and O–H groups in total. The summed E-state index contributed by atoms with van der Waals surface area (Å²) in [6.07, 6.45) is -4.76. The summed E-state index contributed by atoms with van der Waals surface area (Å²) >= 11 is 0. The summed E-state index contributed by atoms with van der Waals surface area (Å²) in [5.41, 5.74) is -1.55. The molecule has 11 nitrogen and oxygen atoms in total. The molecule has 0 saturated carbocycles. The summed E-state index contributed by atoms with van der Waals surface area (Å²) < 4.78 is 21.2. The van der Waals surface area contributed by atoms with E-state index in [1.165, 1.54) is 0 Å². The summed E-state index contributed by atoms with van der Waals surface area (Å²) in [6.45, 7) is -0.698. The molecule has 1 aromatic heterocycles. The van der Waals surface area contributed by atoms with Crippen LogP contribution in [0.15, 0.2) is 21.9 Å². The summed E-state index contributed by atoms with van der Waals surface area (Å²) in [7, 11) is -4.94. The van der Waals surface area contributed by atoms with Gasteiger partial charge >= 0.3 is 13.5 Å². The molecule has 0 bridgehead atoms. The largest absolute Gasteiger partial charge is 0.470 e. The van der Waals surface area contributed by atoms with Crippen molar-refractivity contribution in [1.82, 2.24) is 9.55 Å². The highest BCUT2D eigenvalue weighted by Gasteiger charge is 2.48. The minimum absolute atomic E-state index is 0.662. The first-order valence-corrected chi connectivity index (χ1v) is 7.26. The van der Waals surface area contributed by atoms with Gasteiger partial charge in [-0.2, -0.15) is 0 Å². The highest BCUT2D eigenvalue weighted by molar-refractivity contribution is 7.46. The van der Waals surface area contributed by atoms with Gasteiger partial charge in [0.25, 0.3) is 5.56 Å². The van der Waals surface area contributed by atoms with Crippen molar-refractivity contribution in [2.45, 2.75) is 24.5 Å². The number of hydrogen-bond acceptors (Lipinski definition) is 7. The van der Waals surface area contributed by atoms with Gasteiger partial charge in [-0.1, -0.05) is 0 Å². The summed E-state index contributed by atoms with van der Waals surface area (Å²) in [5.74, 6) is 0. The molecule has 2 heterocycles. The molecule has 2 rings (SSSR count). The second-order valence-corrected chi connectivity index (χ2v) is 5.51. The maximum atomic E-state index is 11.6. The average Bonchev–Trinajstić information content (AvgIpc) is 2.65. The van der Waals surface area contributed by atoms with Crippen molar-refractivity contribution in [3.05, 3.63) is 33.1 Å². The molecule has 0 aliphatic carbocycles. The first-order chi connectivity index (χ1) is 9.73. The highest BCUT2D eigenvalue weighted by atomic mass is 31.2. The van der Waals surface area contributed by atoms with Gasteiger partial charge in [0.2, 0.25) is 0 Å². The smallest absolute Gasteiger partial charge is 0.394 e. The number of nitrogens with one attached hydrogen (secondary N) is 1. The molecule has 0 unspecified atom stereocenters. The number of phosphoric ester groups is 1. The number of rotatable bonds is 4. The third-order valence-electron chi connectivity index (χ3n) is 2.87. The van der Waals surface area contributed by atoms with E-state index in [9.17, 15) is 19.3 Å². The van der Waals surface area contributed by atoms with E-state index in [1.807, 2.05) is 4.98 Å². The fraction of sp³-hybridized carbons (Fsp3) is 0.556. The van der Waals surface area contributed by atoms with Crippen molar-refractivity contribution in [2.75, 3.05) is 6.61 Å². The molecule has 21 heavy (non-hydrogen) atoms. The molecule has 1 aliphatic rings. The lowest BCUT2D eigenvalue weighted by Crippen LogP contribution is -2.38. The Bertz CT molecular complexity index is 664. The van der Waals surface area contributed by atoms with Crippen molar-refractivity contribution in [3.8, 4) is 0 Å². The first-order valence-electron chi connectivity index (χ1n) is 5.73. The zero-order valence-electron chi connectivity index (χ0n) is 10.4. The maximum Gasteiger partial charge on any atom is 0.470 e. The lowest BCUT2D eigenvalue weighted by atomic mass is 10.1. The zero-order valence-corrected chi connectivity index (χ0v) is 11.3. The van der Waals surface area contributed by atoms with Gasteiger partial charge in [0.15, 0.2) is 6.23 Å². The number of aliphatic hydroxyl groups is 2. The van der Waals surface area contributed by atoms with Gasteiger partial charge in [-0.25, -0.2) is 9.36 Å². The Hall–Kier alpha value is -1.33. The zero-order chi connectivity index (χ0) is 15.8. The molecule has 118 valence electrons. The molecule has 1 aromatic rings. The molecule has 0 radical (unpaired) electrons. The van der Waals surface area contributed by atoms with Crippen LogP contribution in [0.2, 0.25) is 0 Å². The molecule has 4 atom stereocenters. The maximum absolute atomic E-state index is 11.6. The number of aliphatic hydroxyl groups excluding tert-OH is 2. The fourth-order valence-corrected chi connectivity index (χ4v) is 2.59. The summed E-state index contributed by atoms with van der Waals surface area (Å²) in [4.78, 5) is 42.1. The minimum atomic E-state index is -4.94. The molecular weight excluding hydrogens is 311 g/mol. The van der Waals surface area contributed by atoms with E-state index in [4.69, 9.17) is 19.6 Å². The standard InChI is InChI=1S/C9H13N2O9P/c12-3-4-7(20-21(16,17)18)6(14)8(19-4)11-2-1-5(13)10-9(11)15/h1-2,4,6-8,12,14H,3H2,(H,10,13,15)(H2,16,17,18)/t4-,6+,7-,8-/m0/s1. The van der Waals surface area contributed by atoms with Gasteiger partial charge in [-0.3, -0.25) is 18.9 Å². The molecule has 12 heteroatoms.